The molecule has 1 N–H and O–H groups in total. The zero-order chi connectivity index (χ0) is 14.0. The van der Waals surface area contributed by atoms with Crippen molar-refractivity contribution < 1.29 is 0 Å². The van der Waals surface area contributed by atoms with Crippen LogP contribution in [0.3, 0.4) is 0 Å². The Balaban J connectivity index is 1.99. The molecule has 0 heterocycles. The van der Waals surface area contributed by atoms with Gasteiger partial charge >= 0.3 is 0 Å². The number of rotatable bonds is 5. The van der Waals surface area contributed by atoms with Gasteiger partial charge in [0.25, 0.3) is 0 Å². The van der Waals surface area contributed by atoms with E-state index in [1.807, 2.05) is 18.2 Å². The number of halogens is 2. The molecular formula is C15H22Cl2N2. The monoisotopic (exact) mass is 300 g/mol. The third-order valence-electron chi connectivity index (χ3n) is 4.40. The largest absolute Gasteiger partial charge is 0.308 e. The molecule has 0 aromatic heterocycles. The summed E-state index contributed by atoms with van der Waals surface area (Å²) in [4.78, 5) is 2.35. The van der Waals surface area contributed by atoms with Crippen molar-refractivity contribution in [2.45, 2.75) is 37.8 Å². The van der Waals surface area contributed by atoms with Gasteiger partial charge in [0.2, 0.25) is 0 Å². The van der Waals surface area contributed by atoms with Gasteiger partial charge in [-0.05, 0) is 58.0 Å². The van der Waals surface area contributed by atoms with E-state index in [1.165, 1.54) is 19.3 Å². The van der Waals surface area contributed by atoms with Gasteiger partial charge in [-0.15, -0.1) is 0 Å². The van der Waals surface area contributed by atoms with E-state index >= 15 is 0 Å². The molecule has 1 unspecified atom stereocenters. The number of nitrogens with one attached hydrogen (secondary N) is 1. The maximum Gasteiger partial charge on any atom is 0.0468 e. The van der Waals surface area contributed by atoms with E-state index in [0.29, 0.717) is 10.6 Å². The zero-order valence-electron chi connectivity index (χ0n) is 11.8. The minimum atomic E-state index is 0.238. The van der Waals surface area contributed by atoms with E-state index in [-0.39, 0.29) is 6.04 Å². The third-order valence-corrected chi connectivity index (χ3v) is 4.96. The smallest absolute Gasteiger partial charge is 0.0468 e. The van der Waals surface area contributed by atoms with Crippen LogP contribution in [-0.2, 0) is 0 Å². The van der Waals surface area contributed by atoms with Crippen LogP contribution in [0.5, 0.6) is 0 Å². The topological polar surface area (TPSA) is 15.3 Å². The van der Waals surface area contributed by atoms with E-state index in [9.17, 15) is 0 Å². The highest BCUT2D eigenvalue weighted by Crippen LogP contribution is 2.36. The Morgan fingerprint density at radius 3 is 2.47 bits per heavy atom. The van der Waals surface area contributed by atoms with Gasteiger partial charge in [-0.2, -0.15) is 0 Å². The van der Waals surface area contributed by atoms with Gasteiger partial charge in [0, 0.05) is 28.2 Å². The average molecular weight is 301 g/mol. The number of hydrogen-bond acceptors (Lipinski definition) is 2. The fourth-order valence-electron chi connectivity index (χ4n) is 2.67. The summed E-state index contributed by atoms with van der Waals surface area (Å²) < 4.78 is 0. The van der Waals surface area contributed by atoms with Gasteiger partial charge in [0.1, 0.15) is 0 Å². The van der Waals surface area contributed by atoms with E-state index in [2.05, 4.69) is 31.2 Å². The Labute approximate surface area is 126 Å². The summed E-state index contributed by atoms with van der Waals surface area (Å²) in [6, 6.07) is 5.95. The van der Waals surface area contributed by atoms with Crippen LogP contribution < -0.4 is 5.32 Å². The maximum absolute atomic E-state index is 6.25. The van der Waals surface area contributed by atoms with Gasteiger partial charge < -0.3 is 10.2 Å². The van der Waals surface area contributed by atoms with Crippen molar-refractivity contribution in [3.05, 3.63) is 33.8 Å². The van der Waals surface area contributed by atoms with E-state index in [0.717, 1.165) is 17.1 Å². The van der Waals surface area contributed by atoms with Crippen molar-refractivity contribution in [1.29, 1.82) is 0 Å². The highest BCUT2D eigenvalue weighted by atomic mass is 35.5. The molecule has 0 spiro atoms. The lowest BCUT2D eigenvalue weighted by Gasteiger charge is -2.48. The lowest BCUT2D eigenvalue weighted by Crippen LogP contribution is -2.56. The Bertz CT molecular complexity index is 442. The lowest BCUT2D eigenvalue weighted by molar-refractivity contribution is 0.0576. The van der Waals surface area contributed by atoms with Crippen molar-refractivity contribution in [3.63, 3.8) is 0 Å². The third kappa shape index (κ3) is 3.25. The second-order valence-electron chi connectivity index (χ2n) is 5.74. The molecule has 0 radical (unpaired) electrons. The normalized spacial score (nSPS) is 19.3. The summed E-state index contributed by atoms with van der Waals surface area (Å²) in [5.41, 5.74) is 1.44. The predicted molar refractivity (Wildman–Crippen MR) is 83.1 cm³/mol. The predicted octanol–water partition coefficient (Wildman–Crippen LogP) is 4.13. The highest BCUT2D eigenvalue weighted by Gasteiger charge is 2.38. The molecule has 2 nitrogen and oxygen atoms in total. The Morgan fingerprint density at radius 2 is 2.00 bits per heavy atom. The molecule has 106 valence electrons. The Hall–Kier alpha value is -0.280. The van der Waals surface area contributed by atoms with Crippen molar-refractivity contribution in [2.75, 3.05) is 20.6 Å². The van der Waals surface area contributed by atoms with Crippen LogP contribution in [0.15, 0.2) is 18.2 Å². The first-order valence-electron chi connectivity index (χ1n) is 6.80. The van der Waals surface area contributed by atoms with Crippen molar-refractivity contribution in [3.8, 4) is 0 Å². The van der Waals surface area contributed by atoms with Gasteiger partial charge in [0.15, 0.2) is 0 Å². The molecule has 0 saturated heterocycles. The molecule has 1 atom stereocenters. The first kappa shape index (κ1) is 15.1. The minimum Gasteiger partial charge on any atom is -0.308 e. The number of hydrogen-bond donors (Lipinski definition) is 1. The second-order valence-corrected chi connectivity index (χ2v) is 6.58. The molecule has 1 saturated carbocycles. The highest BCUT2D eigenvalue weighted by molar-refractivity contribution is 6.35. The first-order chi connectivity index (χ1) is 8.94. The zero-order valence-corrected chi connectivity index (χ0v) is 13.4. The summed E-state index contributed by atoms with van der Waals surface area (Å²) in [6.45, 7) is 3.15. The maximum atomic E-state index is 6.25. The molecule has 0 bridgehead atoms. The van der Waals surface area contributed by atoms with Crippen molar-refractivity contribution in [2.24, 2.45) is 0 Å². The van der Waals surface area contributed by atoms with Gasteiger partial charge in [-0.25, -0.2) is 0 Å². The van der Waals surface area contributed by atoms with Crippen LogP contribution in [0.25, 0.3) is 0 Å². The molecule has 1 fully saturated rings. The summed E-state index contributed by atoms with van der Waals surface area (Å²) >= 11 is 12.2. The Kier molecular flexibility index (Phi) is 4.78. The second kappa shape index (κ2) is 6.01. The number of benzene rings is 1. The minimum absolute atomic E-state index is 0.238. The number of nitrogens with zero attached hydrogens (tertiary/aromatic N) is 1. The first-order valence-corrected chi connectivity index (χ1v) is 7.56. The van der Waals surface area contributed by atoms with Crippen LogP contribution in [0.4, 0.5) is 0 Å². The van der Waals surface area contributed by atoms with Crippen LogP contribution in [0.1, 0.15) is 37.8 Å². The molecule has 0 amide bonds. The molecule has 1 aromatic rings. The quantitative estimate of drug-likeness (QED) is 0.879. The fourth-order valence-corrected chi connectivity index (χ4v) is 3.24. The molecule has 1 aliphatic rings. The molecule has 1 aromatic carbocycles. The van der Waals surface area contributed by atoms with Crippen LogP contribution in [0, 0.1) is 0 Å². The van der Waals surface area contributed by atoms with Crippen LogP contribution >= 0.6 is 23.2 Å². The SMILES string of the molecule is CC(NCC1(N(C)C)CCC1)c1ccc(Cl)cc1Cl. The van der Waals surface area contributed by atoms with E-state index in [4.69, 9.17) is 23.2 Å². The van der Waals surface area contributed by atoms with Gasteiger partial charge in [0.05, 0.1) is 0 Å². The molecule has 1 aliphatic carbocycles. The van der Waals surface area contributed by atoms with Crippen LogP contribution in [0.2, 0.25) is 10.0 Å². The van der Waals surface area contributed by atoms with Crippen LogP contribution in [-0.4, -0.2) is 31.1 Å². The lowest BCUT2D eigenvalue weighted by atomic mass is 9.75. The standard InChI is InChI=1S/C15H22Cl2N2/c1-11(13-6-5-12(16)9-14(13)17)18-10-15(19(2)3)7-4-8-15/h5-6,9,11,18H,4,7-8,10H2,1-3H3. The summed E-state index contributed by atoms with van der Waals surface area (Å²) in [6.07, 6.45) is 3.87. The summed E-state index contributed by atoms with van der Waals surface area (Å²) in [5.74, 6) is 0. The fraction of sp³-hybridized carbons (Fsp3) is 0.600. The van der Waals surface area contributed by atoms with E-state index in [1.54, 1.807) is 0 Å². The number of likely N-dealkylation sites (N-methyl/N-ethyl adjacent to an activating group) is 1. The summed E-state index contributed by atoms with van der Waals surface area (Å²) in [7, 11) is 4.33. The molecular weight excluding hydrogens is 279 g/mol. The average Bonchev–Trinajstić information content (AvgIpc) is 2.26. The molecule has 0 aliphatic heterocycles. The molecule has 2 rings (SSSR count). The molecule has 4 heteroatoms. The van der Waals surface area contributed by atoms with E-state index < -0.39 is 0 Å². The van der Waals surface area contributed by atoms with Gasteiger partial charge in [-0.3, -0.25) is 0 Å². The van der Waals surface area contributed by atoms with Crippen molar-refractivity contribution >= 4 is 23.2 Å². The summed E-state index contributed by atoms with van der Waals surface area (Å²) in [5, 5.41) is 5.04. The van der Waals surface area contributed by atoms with Crippen molar-refractivity contribution in [1.82, 2.24) is 10.2 Å². The molecule has 19 heavy (non-hydrogen) atoms. The Morgan fingerprint density at radius 1 is 1.32 bits per heavy atom. The van der Waals surface area contributed by atoms with Gasteiger partial charge in [-0.1, -0.05) is 29.3 Å².